The lowest BCUT2D eigenvalue weighted by Gasteiger charge is -2.36. The van der Waals surface area contributed by atoms with Crippen molar-refractivity contribution in [2.24, 2.45) is 5.73 Å². The number of alkyl halides is 3. The molecule has 0 radical (unpaired) electrons. The number of amides is 1. The molecule has 1 aliphatic heterocycles. The fraction of sp³-hybridized carbons (Fsp3) is 0.538. The van der Waals surface area contributed by atoms with Crippen LogP contribution < -0.4 is 10.6 Å². The second-order valence-corrected chi connectivity index (χ2v) is 4.92. The number of aromatic nitrogens is 1. The van der Waals surface area contributed by atoms with E-state index in [9.17, 15) is 18.0 Å². The number of anilines is 1. The summed E-state index contributed by atoms with van der Waals surface area (Å²) in [5.74, 6) is 0.0535. The summed E-state index contributed by atoms with van der Waals surface area (Å²) >= 11 is 0. The normalized spacial score (nSPS) is 19.9. The maximum Gasteiger partial charge on any atom is 0.417 e. The Bertz CT molecular complexity index is 473. The topological polar surface area (TPSA) is 59.2 Å². The molecule has 4 nitrogen and oxygen atoms in total. The van der Waals surface area contributed by atoms with Gasteiger partial charge in [-0.3, -0.25) is 4.79 Å². The lowest BCUT2D eigenvalue weighted by Crippen LogP contribution is -2.42. The summed E-state index contributed by atoms with van der Waals surface area (Å²) in [4.78, 5) is 16.8. The van der Waals surface area contributed by atoms with Crippen LogP contribution in [0.2, 0.25) is 0 Å². The number of nitrogens with zero attached hydrogens (tertiary/aromatic N) is 2. The van der Waals surface area contributed by atoms with Gasteiger partial charge < -0.3 is 10.6 Å². The highest BCUT2D eigenvalue weighted by molar-refractivity contribution is 5.75. The molecule has 1 fully saturated rings. The number of carbonyl (C=O) groups excluding carboxylic acids is 1. The van der Waals surface area contributed by atoms with Crippen LogP contribution in [0.25, 0.3) is 0 Å². The molecule has 0 aliphatic carbocycles. The van der Waals surface area contributed by atoms with Crippen LogP contribution in [0.3, 0.4) is 0 Å². The number of pyridine rings is 1. The Hall–Kier alpha value is -1.79. The van der Waals surface area contributed by atoms with Crippen LogP contribution in [0.5, 0.6) is 0 Å². The summed E-state index contributed by atoms with van der Waals surface area (Å²) in [6.45, 7) is 0.677. The van der Waals surface area contributed by atoms with Crippen LogP contribution in [0.15, 0.2) is 18.3 Å². The predicted octanol–water partition coefficient (Wildman–Crippen LogP) is 2.33. The van der Waals surface area contributed by atoms with Crippen molar-refractivity contribution in [2.75, 3.05) is 11.4 Å². The minimum atomic E-state index is -4.39. The van der Waals surface area contributed by atoms with Crippen molar-refractivity contribution >= 4 is 11.7 Å². The van der Waals surface area contributed by atoms with E-state index in [1.807, 2.05) is 4.90 Å². The van der Waals surface area contributed by atoms with Crippen molar-refractivity contribution in [3.8, 4) is 0 Å². The monoisotopic (exact) mass is 287 g/mol. The molecule has 0 spiro atoms. The molecule has 110 valence electrons. The minimum Gasteiger partial charge on any atom is -0.370 e. The van der Waals surface area contributed by atoms with E-state index in [1.54, 1.807) is 0 Å². The second kappa shape index (κ2) is 5.68. The molecule has 7 heteroatoms. The zero-order valence-electron chi connectivity index (χ0n) is 10.9. The number of hydrogen-bond donors (Lipinski definition) is 1. The van der Waals surface area contributed by atoms with Crippen molar-refractivity contribution in [3.63, 3.8) is 0 Å². The van der Waals surface area contributed by atoms with E-state index in [1.165, 1.54) is 6.07 Å². The van der Waals surface area contributed by atoms with Crippen LogP contribution in [-0.2, 0) is 11.0 Å². The third-order valence-corrected chi connectivity index (χ3v) is 3.43. The smallest absolute Gasteiger partial charge is 0.370 e. The van der Waals surface area contributed by atoms with E-state index in [2.05, 4.69) is 4.98 Å². The number of carbonyl (C=O) groups is 1. The van der Waals surface area contributed by atoms with Crippen LogP contribution in [-0.4, -0.2) is 23.5 Å². The molecule has 1 unspecified atom stereocenters. The zero-order chi connectivity index (χ0) is 14.8. The third-order valence-electron chi connectivity index (χ3n) is 3.43. The Morgan fingerprint density at radius 3 is 2.70 bits per heavy atom. The van der Waals surface area contributed by atoms with E-state index >= 15 is 0 Å². The van der Waals surface area contributed by atoms with Gasteiger partial charge in [0, 0.05) is 25.2 Å². The van der Waals surface area contributed by atoms with E-state index in [-0.39, 0.29) is 12.5 Å². The molecule has 1 saturated heterocycles. The summed E-state index contributed by atoms with van der Waals surface area (Å²) in [5.41, 5.74) is 4.44. The number of halogens is 3. The molecule has 2 heterocycles. The molecule has 1 atom stereocenters. The number of hydrogen-bond acceptors (Lipinski definition) is 3. The van der Waals surface area contributed by atoms with Crippen molar-refractivity contribution in [1.82, 2.24) is 4.98 Å². The third kappa shape index (κ3) is 3.40. The van der Waals surface area contributed by atoms with Gasteiger partial charge in [-0.2, -0.15) is 13.2 Å². The summed E-state index contributed by atoms with van der Waals surface area (Å²) < 4.78 is 37.5. The van der Waals surface area contributed by atoms with Crippen LogP contribution in [0, 0.1) is 0 Å². The molecule has 0 bridgehead atoms. The van der Waals surface area contributed by atoms with E-state index in [0.717, 1.165) is 31.5 Å². The molecule has 1 aromatic rings. The molecule has 2 N–H and O–H groups in total. The van der Waals surface area contributed by atoms with Gasteiger partial charge in [-0.25, -0.2) is 4.98 Å². The van der Waals surface area contributed by atoms with Gasteiger partial charge in [0.2, 0.25) is 5.91 Å². The number of rotatable bonds is 3. The van der Waals surface area contributed by atoms with Crippen molar-refractivity contribution in [3.05, 3.63) is 23.9 Å². The van der Waals surface area contributed by atoms with Crippen LogP contribution in [0.1, 0.15) is 31.2 Å². The van der Waals surface area contributed by atoms with Gasteiger partial charge in [-0.1, -0.05) is 0 Å². The minimum absolute atomic E-state index is 0.0783. The van der Waals surface area contributed by atoms with E-state index in [0.29, 0.717) is 12.4 Å². The molecule has 20 heavy (non-hydrogen) atoms. The lowest BCUT2D eigenvalue weighted by atomic mass is 9.99. The highest BCUT2D eigenvalue weighted by atomic mass is 19.4. The fourth-order valence-electron chi connectivity index (χ4n) is 2.47. The van der Waals surface area contributed by atoms with Gasteiger partial charge in [-0.15, -0.1) is 0 Å². The Morgan fingerprint density at radius 2 is 2.15 bits per heavy atom. The Balaban J connectivity index is 2.17. The predicted molar refractivity (Wildman–Crippen MR) is 68.0 cm³/mol. The van der Waals surface area contributed by atoms with Crippen molar-refractivity contribution < 1.29 is 18.0 Å². The molecular weight excluding hydrogens is 271 g/mol. The SMILES string of the molecule is NC(=O)CC1CCCCN1c1ccc(C(F)(F)F)cn1. The Morgan fingerprint density at radius 1 is 1.40 bits per heavy atom. The van der Waals surface area contributed by atoms with Crippen LogP contribution in [0.4, 0.5) is 19.0 Å². The fourth-order valence-corrected chi connectivity index (χ4v) is 2.47. The average Bonchev–Trinajstić information content (AvgIpc) is 2.38. The first-order valence-electron chi connectivity index (χ1n) is 6.46. The summed E-state index contributed by atoms with van der Waals surface area (Å²) in [7, 11) is 0. The number of nitrogens with two attached hydrogens (primary N) is 1. The molecule has 2 rings (SSSR count). The molecule has 0 saturated carbocycles. The Kier molecular flexibility index (Phi) is 4.15. The van der Waals surface area contributed by atoms with Gasteiger partial charge >= 0.3 is 6.18 Å². The molecule has 1 aromatic heterocycles. The highest BCUT2D eigenvalue weighted by Crippen LogP contribution is 2.31. The summed E-state index contributed by atoms with van der Waals surface area (Å²) in [6, 6.07) is 2.28. The first-order valence-corrected chi connectivity index (χ1v) is 6.46. The van der Waals surface area contributed by atoms with Gasteiger partial charge in [0.15, 0.2) is 0 Å². The summed E-state index contributed by atoms with van der Waals surface area (Å²) in [5, 5.41) is 0. The van der Waals surface area contributed by atoms with Gasteiger partial charge in [-0.05, 0) is 31.4 Å². The maximum absolute atomic E-state index is 12.5. The first-order chi connectivity index (χ1) is 9.38. The summed E-state index contributed by atoms with van der Waals surface area (Å²) in [6.07, 6.45) is -0.660. The largest absolute Gasteiger partial charge is 0.417 e. The van der Waals surface area contributed by atoms with E-state index < -0.39 is 17.6 Å². The lowest BCUT2D eigenvalue weighted by molar-refractivity contribution is -0.137. The zero-order valence-corrected chi connectivity index (χ0v) is 10.9. The van der Waals surface area contributed by atoms with Crippen molar-refractivity contribution in [2.45, 2.75) is 37.9 Å². The molecule has 0 aromatic carbocycles. The maximum atomic E-state index is 12.5. The van der Waals surface area contributed by atoms with Gasteiger partial charge in [0.05, 0.1) is 5.56 Å². The van der Waals surface area contributed by atoms with E-state index in [4.69, 9.17) is 5.73 Å². The average molecular weight is 287 g/mol. The van der Waals surface area contributed by atoms with Crippen LogP contribution >= 0.6 is 0 Å². The standard InChI is InChI=1S/C13H16F3N3O/c14-13(15,16)9-4-5-12(18-8-9)19-6-2-1-3-10(19)7-11(17)20/h4-5,8,10H,1-3,6-7H2,(H2,17,20). The quantitative estimate of drug-likeness (QED) is 0.928. The van der Waals surface area contributed by atoms with Crippen molar-refractivity contribution in [1.29, 1.82) is 0 Å². The Labute approximate surface area is 114 Å². The number of piperidine rings is 1. The molecule has 1 aliphatic rings. The van der Waals surface area contributed by atoms with Gasteiger partial charge in [0.1, 0.15) is 5.82 Å². The second-order valence-electron chi connectivity index (χ2n) is 4.92. The molecular formula is C13H16F3N3O. The molecule has 1 amide bonds. The highest BCUT2D eigenvalue weighted by Gasteiger charge is 2.31. The van der Waals surface area contributed by atoms with Gasteiger partial charge in [0.25, 0.3) is 0 Å². The first kappa shape index (κ1) is 14.6. The number of primary amides is 1.